The Bertz CT molecular complexity index is 923. The maximum absolute atomic E-state index is 12.4. The van der Waals surface area contributed by atoms with Crippen molar-refractivity contribution in [3.05, 3.63) is 75.3 Å². The van der Waals surface area contributed by atoms with Crippen molar-refractivity contribution in [1.82, 2.24) is 15.1 Å². The summed E-state index contributed by atoms with van der Waals surface area (Å²) < 4.78 is 0. The average Bonchev–Trinajstić information content (AvgIpc) is 2.74. The third kappa shape index (κ3) is 5.64. The Balaban J connectivity index is 1.41. The number of carbonyl (C=O) groups excluding carboxylic acids is 2. The Labute approximate surface area is 175 Å². The van der Waals surface area contributed by atoms with Gasteiger partial charge < -0.3 is 10.2 Å². The van der Waals surface area contributed by atoms with Gasteiger partial charge in [0.15, 0.2) is 0 Å². The highest BCUT2D eigenvalue weighted by Gasteiger charge is 2.21. The van der Waals surface area contributed by atoms with Gasteiger partial charge in [-0.15, -0.1) is 0 Å². The number of nitro benzene ring substituents is 1. The van der Waals surface area contributed by atoms with E-state index in [1.807, 2.05) is 36.1 Å². The van der Waals surface area contributed by atoms with E-state index in [9.17, 15) is 19.7 Å². The molecule has 2 aromatic rings. The average molecular weight is 410 g/mol. The third-order valence-electron chi connectivity index (χ3n) is 5.27. The minimum atomic E-state index is -0.391. The molecule has 30 heavy (non-hydrogen) atoms. The lowest BCUT2D eigenvalue weighted by molar-refractivity contribution is -0.384. The fraction of sp³-hybridized carbons (Fsp3) is 0.364. The number of nitrogens with zero attached hydrogens (tertiary/aromatic N) is 3. The first-order valence-corrected chi connectivity index (χ1v) is 10.0. The molecule has 1 aliphatic heterocycles. The number of nitrogens with one attached hydrogen (secondary N) is 1. The van der Waals surface area contributed by atoms with Crippen molar-refractivity contribution >= 4 is 17.5 Å². The maximum Gasteiger partial charge on any atom is 0.269 e. The van der Waals surface area contributed by atoms with Crippen molar-refractivity contribution in [2.24, 2.45) is 0 Å². The van der Waals surface area contributed by atoms with Crippen LogP contribution in [0.5, 0.6) is 0 Å². The molecule has 0 spiro atoms. The molecular formula is C22H26N4O4. The Kier molecular flexibility index (Phi) is 7.13. The molecule has 3 rings (SSSR count). The molecule has 1 aliphatic rings. The smallest absolute Gasteiger partial charge is 0.269 e. The molecular weight excluding hydrogens is 384 g/mol. The summed E-state index contributed by atoms with van der Waals surface area (Å²) in [6.07, 6.45) is 0.266. The number of aryl methyl sites for hydroxylation is 1. The van der Waals surface area contributed by atoms with Gasteiger partial charge in [0.25, 0.3) is 11.6 Å². The molecule has 0 radical (unpaired) electrons. The number of rotatable bonds is 7. The van der Waals surface area contributed by atoms with Gasteiger partial charge in [0.05, 0.1) is 4.92 Å². The number of amides is 2. The zero-order valence-electron chi connectivity index (χ0n) is 17.0. The van der Waals surface area contributed by atoms with E-state index in [0.29, 0.717) is 44.8 Å². The molecule has 0 unspecified atom stereocenters. The highest BCUT2D eigenvalue weighted by atomic mass is 16.6. The van der Waals surface area contributed by atoms with Gasteiger partial charge in [-0.1, -0.05) is 30.3 Å². The molecule has 1 fully saturated rings. The number of nitro groups is 1. The van der Waals surface area contributed by atoms with Crippen LogP contribution in [0.4, 0.5) is 5.69 Å². The fourth-order valence-electron chi connectivity index (χ4n) is 3.55. The molecule has 8 heteroatoms. The monoisotopic (exact) mass is 410 g/mol. The van der Waals surface area contributed by atoms with Crippen LogP contribution in [0.1, 0.15) is 27.9 Å². The number of non-ortho nitro benzene ring substituents is 1. The standard InChI is InChI=1S/C22H26N4O4/c1-17-5-2-3-8-20(17)22(28)23-10-9-21(27)25-13-11-24(12-14-25)16-18-6-4-7-19(15-18)26(29)30/h2-8,15H,9-14,16H2,1H3,(H,23,28). The molecule has 0 aliphatic carbocycles. The lowest BCUT2D eigenvalue weighted by Gasteiger charge is -2.34. The van der Waals surface area contributed by atoms with E-state index in [-0.39, 0.29) is 23.9 Å². The minimum absolute atomic E-state index is 0.0232. The van der Waals surface area contributed by atoms with Crippen LogP contribution in [0, 0.1) is 17.0 Å². The normalized spacial score (nSPS) is 14.4. The number of hydrogen-bond acceptors (Lipinski definition) is 5. The molecule has 0 saturated carbocycles. The molecule has 0 atom stereocenters. The molecule has 1 heterocycles. The van der Waals surface area contributed by atoms with Crippen LogP contribution in [0.25, 0.3) is 0 Å². The largest absolute Gasteiger partial charge is 0.352 e. The predicted molar refractivity (Wildman–Crippen MR) is 113 cm³/mol. The van der Waals surface area contributed by atoms with Gasteiger partial charge >= 0.3 is 0 Å². The quantitative estimate of drug-likeness (QED) is 0.558. The highest BCUT2D eigenvalue weighted by Crippen LogP contribution is 2.16. The lowest BCUT2D eigenvalue weighted by atomic mass is 10.1. The SMILES string of the molecule is Cc1ccccc1C(=O)NCCC(=O)N1CCN(Cc2cccc([N+](=O)[O-])c2)CC1. The first-order chi connectivity index (χ1) is 14.4. The van der Waals surface area contributed by atoms with Crippen LogP contribution in [-0.2, 0) is 11.3 Å². The Morgan fingerprint density at radius 2 is 1.80 bits per heavy atom. The molecule has 0 bridgehead atoms. The second kappa shape index (κ2) is 9.98. The molecule has 1 saturated heterocycles. The van der Waals surface area contributed by atoms with Crippen LogP contribution in [0.15, 0.2) is 48.5 Å². The summed E-state index contributed by atoms with van der Waals surface area (Å²) in [5.74, 6) is -0.141. The lowest BCUT2D eigenvalue weighted by Crippen LogP contribution is -2.48. The molecule has 1 N–H and O–H groups in total. The van der Waals surface area contributed by atoms with E-state index in [1.165, 1.54) is 6.07 Å². The summed E-state index contributed by atoms with van der Waals surface area (Å²) in [5.41, 5.74) is 2.51. The van der Waals surface area contributed by atoms with E-state index in [1.54, 1.807) is 18.2 Å². The number of carbonyl (C=O) groups is 2. The van der Waals surface area contributed by atoms with Gasteiger partial charge in [-0.2, -0.15) is 0 Å². The van der Waals surface area contributed by atoms with Crippen LogP contribution < -0.4 is 5.32 Å². The van der Waals surface area contributed by atoms with Crippen molar-refractivity contribution in [1.29, 1.82) is 0 Å². The van der Waals surface area contributed by atoms with Gasteiger partial charge in [0.1, 0.15) is 0 Å². The minimum Gasteiger partial charge on any atom is -0.352 e. The Morgan fingerprint density at radius 3 is 2.50 bits per heavy atom. The summed E-state index contributed by atoms with van der Waals surface area (Å²) in [6, 6.07) is 14.0. The fourth-order valence-corrected chi connectivity index (χ4v) is 3.55. The molecule has 8 nitrogen and oxygen atoms in total. The van der Waals surface area contributed by atoms with E-state index < -0.39 is 4.92 Å². The maximum atomic E-state index is 12.4. The number of benzene rings is 2. The van der Waals surface area contributed by atoms with Gasteiger partial charge in [-0.3, -0.25) is 24.6 Å². The Morgan fingerprint density at radius 1 is 1.07 bits per heavy atom. The Hall–Kier alpha value is -3.26. The van der Waals surface area contributed by atoms with Crippen molar-refractivity contribution in [3.8, 4) is 0 Å². The van der Waals surface area contributed by atoms with Crippen LogP contribution in [0.3, 0.4) is 0 Å². The van der Waals surface area contributed by atoms with E-state index in [2.05, 4.69) is 10.2 Å². The number of piperazine rings is 1. The zero-order valence-corrected chi connectivity index (χ0v) is 17.0. The summed E-state index contributed by atoms with van der Waals surface area (Å²) >= 11 is 0. The molecule has 0 aromatic heterocycles. The highest BCUT2D eigenvalue weighted by molar-refractivity contribution is 5.95. The van der Waals surface area contributed by atoms with Crippen LogP contribution in [-0.4, -0.2) is 59.3 Å². The molecule has 2 amide bonds. The van der Waals surface area contributed by atoms with Crippen LogP contribution >= 0.6 is 0 Å². The van der Waals surface area contributed by atoms with Crippen molar-refractivity contribution in [3.63, 3.8) is 0 Å². The summed E-state index contributed by atoms with van der Waals surface area (Å²) in [5, 5.41) is 13.7. The second-order valence-corrected chi connectivity index (χ2v) is 7.40. The van der Waals surface area contributed by atoms with Gasteiger partial charge in [-0.05, 0) is 24.1 Å². The summed E-state index contributed by atoms with van der Waals surface area (Å²) in [6.45, 7) is 5.45. The molecule has 158 valence electrons. The zero-order chi connectivity index (χ0) is 21.5. The topological polar surface area (TPSA) is 95.8 Å². The van der Waals surface area contributed by atoms with Crippen LogP contribution in [0.2, 0.25) is 0 Å². The van der Waals surface area contributed by atoms with Gasteiger partial charge in [-0.25, -0.2) is 0 Å². The summed E-state index contributed by atoms with van der Waals surface area (Å²) in [4.78, 5) is 39.2. The van der Waals surface area contributed by atoms with Crippen molar-refractivity contribution < 1.29 is 14.5 Å². The van der Waals surface area contributed by atoms with E-state index in [4.69, 9.17) is 0 Å². The summed E-state index contributed by atoms with van der Waals surface area (Å²) in [7, 11) is 0. The van der Waals surface area contributed by atoms with Crippen molar-refractivity contribution in [2.75, 3.05) is 32.7 Å². The van der Waals surface area contributed by atoms with Gasteiger partial charge in [0, 0.05) is 63.4 Å². The van der Waals surface area contributed by atoms with E-state index >= 15 is 0 Å². The number of hydrogen-bond donors (Lipinski definition) is 1. The first kappa shape index (κ1) is 21.4. The second-order valence-electron chi connectivity index (χ2n) is 7.40. The van der Waals surface area contributed by atoms with Crippen molar-refractivity contribution in [2.45, 2.75) is 19.9 Å². The predicted octanol–water partition coefficient (Wildman–Crippen LogP) is 2.37. The first-order valence-electron chi connectivity index (χ1n) is 10.0. The third-order valence-corrected chi connectivity index (χ3v) is 5.27. The van der Waals surface area contributed by atoms with E-state index in [0.717, 1.165) is 11.1 Å². The molecule has 2 aromatic carbocycles. The van der Waals surface area contributed by atoms with Gasteiger partial charge in [0.2, 0.25) is 5.91 Å².